The zero-order chi connectivity index (χ0) is 15.2. The van der Waals surface area contributed by atoms with Crippen LogP contribution in [0.1, 0.15) is 5.56 Å². The normalized spacial score (nSPS) is 10.6. The van der Waals surface area contributed by atoms with Gasteiger partial charge in [0.25, 0.3) is 0 Å². The molecule has 0 spiro atoms. The Morgan fingerprint density at radius 2 is 1.86 bits per heavy atom. The van der Waals surface area contributed by atoms with E-state index >= 15 is 0 Å². The molecule has 2 aromatic carbocycles. The molecule has 0 aromatic heterocycles. The van der Waals surface area contributed by atoms with Crippen LogP contribution in [-0.4, -0.2) is 20.0 Å². The van der Waals surface area contributed by atoms with Crippen molar-refractivity contribution in [1.82, 2.24) is 0 Å². The molecule has 0 saturated carbocycles. The summed E-state index contributed by atoms with van der Waals surface area (Å²) in [5.74, 6) is -0.575. The molecule has 2 aromatic rings. The summed E-state index contributed by atoms with van der Waals surface area (Å²) in [4.78, 5) is 13.8. The van der Waals surface area contributed by atoms with Gasteiger partial charge in [-0.25, -0.2) is 4.39 Å². The van der Waals surface area contributed by atoms with E-state index < -0.39 is 0 Å². The van der Waals surface area contributed by atoms with Crippen LogP contribution in [0.3, 0.4) is 0 Å². The Balaban J connectivity index is 1.98. The zero-order valence-electron chi connectivity index (χ0n) is 12.0. The third-order valence-electron chi connectivity index (χ3n) is 2.93. The van der Waals surface area contributed by atoms with E-state index in [1.54, 1.807) is 18.2 Å². The molecule has 1 N–H and O–H groups in total. The molecular weight excluding hydrogens is 267 g/mol. The number of carbonyl (C=O) groups excluding carboxylic acids is 1. The number of carbonyl (C=O) groups is 1. The molecule has 0 saturated heterocycles. The minimum absolute atomic E-state index is 0.253. The predicted molar refractivity (Wildman–Crippen MR) is 84.8 cm³/mol. The Hall–Kier alpha value is -2.62. The van der Waals surface area contributed by atoms with Crippen LogP contribution in [0.5, 0.6) is 0 Å². The second kappa shape index (κ2) is 6.70. The number of benzene rings is 2. The third kappa shape index (κ3) is 4.45. The van der Waals surface area contributed by atoms with Crippen molar-refractivity contribution in [3.8, 4) is 0 Å². The molecule has 0 aliphatic carbocycles. The first-order valence-electron chi connectivity index (χ1n) is 6.56. The molecule has 0 atom stereocenters. The quantitative estimate of drug-likeness (QED) is 0.871. The molecular formula is C17H17FN2O. The lowest BCUT2D eigenvalue weighted by Crippen LogP contribution is -2.10. The molecule has 0 aliphatic heterocycles. The summed E-state index contributed by atoms with van der Waals surface area (Å²) in [6.07, 6.45) is 2.96. The number of halogens is 1. The maximum atomic E-state index is 13.0. The van der Waals surface area contributed by atoms with E-state index in [9.17, 15) is 9.18 Å². The standard InChI is InChI=1S/C17H17FN2O/c1-20(2)16-9-7-15(8-10-16)19-17(21)11-6-13-4-3-5-14(18)12-13/h3-12H,1-2H3,(H,19,21). The van der Waals surface area contributed by atoms with Crippen molar-refractivity contribution in [1.29, 1.82) is 0 Å². The topological polar surface area (TPSA) is 32.3 Å². The summed E-state index contributed by atoms with van der Waals surface area (Å²) in [7, 11) is 3.91. The van der Waals surface area contributed by atoms with Crippen LogP contribution in [0.25, 0.3) is 6.08 Å². The smallest absolute Gasteiger partial charge is 0.248 e. The summed E-state index contributed by atoms with van der Waals surface area (Å²) < 4.78 is 13.0. The number of nitrogens with one attached hydrogen (secondary N) is 1. The molecule has 0 aliphatic rings. The van der Waals surface area contributed by atoms with E-state index in [1.807, 2.05) is 43.3 Å². The summed E-state index contributed by atoms with van der Waals surface area (Å²) in [6.45, 7) is 0. The number of hydrogen-bond donors (Lipinski definition) is 1. The Labute approximate surface area is 123 Å². The molecule has 0 bridgehead atoms. The fourth-order valence-electron chi connectivity index (χ4n) is 1.81. The Morgan fingerprint density at radius 3 is 2.48 bits per heavy atom. The first kappa shape index (κ1) is 14.8. The molecule has 21 heavy (non-hydrogen) atoms. The Bertz CT molecular complexity index is 648. The van der Waals surface area contributed by atoms with Gasteiger partial charge < -0.3 is 10.2 Å². The third-order valence-corrected chi connectivity index (χ3v) is 2.93. The van der Waals surface area contributed by atoms with Crippen molar-refractivity contribution < 1.29 is 9.18 Å². The lowest BCUT2D eigenvalue weighted by molar-refractivity contribution is -0.111. The molecule has 4 heteroatoms. The number of hydrogen-bond acceptors (Lipinski definition) is 2. The molecule has 0 heterocycles. The zero-order valence-corrected chi connectivity index (χ0v) is 12.0. The average molecular weight is 284 g/mol. The molecule has 0 fully saturated rings. The van der Waals surface area contributed by atoms with E-state index in [4.69, 9.17) is 0 Å². The van der Waals surface area contributed by atoms with E-state index in [0.717, 1.165) is 11.4 Å². The van der Waals surface area contributed by atoms with Gasteiger partial charge >= 0.3 is 0 Å². The first-order valence-corrected chi connectivity index (χ1v) is 6.56. The molecule has 0 radical (unpaired) electrons. The van der Waals surface area contributed by atoms with Crippen molar-refractivity contribution >= 4 is 23.4 Å². The van der Waals surface area contributed by atoms with Crippen LogP contribution in [-0.2, 0) is 4.79 Å². The molecule has 108 valence electrons. The molecule has 2 rings (SSSR count). The van der Waals surface area contributed by atoms with Crippen LogP contribution in [0.2, 0.25) is 0 Å². The van der Waals surface area contributed by atoms with Gasteiger partial charge in [-0.3, -0.25) is 4.79 Å². The SMILES string of the molecule is CN(C)c1ccc(NC(=O)C=Cc2cccc(F)c2)cc1. The van der Waals surface area contributed by atoms with Crippen molar-refractivity contribution in [2.75, 3.05) is 24.3 Å². The Kier molecular flexibility index (Phi) is 4.72. The summed E-state index contributed by atoms with van der Waals surface area (Å²) in [6, 6.07) is 13.6. The highest BCUT2D eigenvalue weighted by atomic mass is 19.1. The van der Waals surface area contributed by atoms with E-state index in [2.05, 4.69) is 5.32 Å². The van der Waals surface area contributed by atoms with Gasteiger partial charge in [0.05, 0.1) is 0 Å². The van der Waals surface area contributed by atoms with Crippen LogP contribution < -0.4 is 10.2 Å². The van der Waals surface area contributed by atoms with Crippen LogP contribution in [0.4, 0.5) is 15.8 Å². The lowest BCUT2D eigenvalue weighted by Gasteiger charge is -2.12. The summed E-state index contributed by atoms with van der Waals surface area (Å²) >= 11 is 0. The number of rotatable bonds is 4. The van der Waals surface area contributed by atoms with Gasteiger partial charge in [-0.1, -0.05) is 12.1 Å². The maximum absolute atomic E-state index is 13.0. The number of anilines is 2. The van der Waals surface area contributed by atoms with Gasteiger partial charge in [0, 0.05) is 31.5 Å². The highest BCUT2D eigenvalue weighted by Gasteiger charge is 1.99. The van der Waals surface area contributed by atoms with Crippen molar-refractivity contribution in [2.24, 2.45) is 0 Å². The van der Waals surface area contributed by atoms with Crippen LogP contribution in [0, 0.1) is 5.82 Å². The Morgan fingerprint density at radius 1 is 1.14 bits per heavy atom. The average Bonchev–Trinajstić information content (AvgIpc) is 2.46. The largest absolute Gasteiger partial charge is 0.378 e. The van der Waals surface area contributed by atoms with E-state index in [0.29, 0.717) is 5.56 Å². The monoisotopic (exact) mass is 284 g/mol. The van der Waals surface area contributed by atoms with Gasteiger partial charge in [-0.05, 0) is 48.0 Å². The minimum atomic E-state index is -0.322. The first-order chi connectivity index (χ1) is 10.0. The second-order valence-corrected chi connectivity index (χ2v) is 4.82. The summed E-state index contributed by atoms with van der Waals surface area (Å²) in [5.41, 5.74) is 2.42. The number of nitrogens with zero attached hydrogens (tertiary/aromatic N) is 1. The van der Waals surface area contributed by atoms with Crippen LogP contribution in [0.15, 0.2) is 54.6 Å². The lowest BCUT2D eigenvalue weighted by atomic mass is 10.2. The fourth-order valence-corrected chi connectivity index (χ4v) is 1.81. The highest BCUT2D eigenvalue weighted by molar-refractivity contribution is 6.01. The van der Waals surface area contributed by atoms with Gasteiger partial charge in [0.1, 0.15) is 5.82 Å². The minimum Gasteiger partial charge on any atom is -0.378 e. The molecule has 0 unspecified atom stereocenters. The predicted octanol–water partition coefficient (Wildman–Crippen LogP) is 3.54. The van der Waals surface area contributed by atoms with Gasteiger partial charge in [-0.2, -0.15) is 0 Å². The van der Waals surface area contributed by atoms with Gasteiger partial charge in [0.15, 0.2) is 0 Å². The fraction of sp³-hybridized carbons (Fsp3) is 0.118. The highest BCUT2D eigenvalue weighted by Crippen LogP contribution is 2.15. The van der Waals surface area contributed by atoms with Gasteiger partial charge in [0.2, 0.25) is 5.91 Å². The van der Waals surface area contributed by atoms with E-state index in [1.165, 1.54) is 18.2 Å². The van der Waals surface area contributed by atoms with Crippen molar-refractivity contribution in [2.45, 2.75) is 0 Å². The van der Waals surface area contributed by atoms with E-state index in [-0.39, 0.29) is 11.7 Å². The van der Waals surface area contributed by atoms with Crippen molar-refractivity contribution in [3.63, 3.8) is 0 Å². The van der Waals surface area contributed by atoms with Gasteiger partial charge in [-0.15, -0.1) is 0 Å². The molecule has 3 nitrogen and oxygen atoms in total. The van der Waals surface area contributed by atoms with Crippen molar-refractivity contribution in [3.05, 3.63) is 66.0 Å². The second-order valence-electron chi connectivity index (χ2n) is 4.82. The maximum Gasteiger partial charge on any atom is 0.248 e. The molecule has 1 amide bonds. The summed E-state index contributed by atoms with van der Waals surface area (Å²) in [5, 5.41) is 2.75. The van der Waals surface area contributed by atoms with Crippen LogP contribution >= 0.6 is 0 Å². The number of amides is 1.